The second-order valence-corrected chi connectivity index (χ2v) is 1.64. The normalized spacial score (nSPS) is 7.40. The van der Waals surface area contributed by atoms with Gasteiger partial charge in [-0.15, -0.1) is 7.05 Å². The van der Waals surface area contributed by atoms with Crippen LogP contribution in [0.3, 0.4) is 0 Å². The zero-order valence-corrected chi connectivity index (χ0v) is 8.22. The molecule has 0 fully saturated rings. The number of rotatable bonds is 3. The average Bonchev–Trinajstić information content (AvgIpc) is 1.87. The van der Waals surface area contributed by atoms with Crippen molar-refractivity contribution < 1.29 is 29.7 Å². The minimum Gasteiger partial charge on any atom is -0.654 e. The predicted molar refractivity (Wildman–Crippen MR) is 33.0 cm³/mol. The van der Waals surface area contributed by atoms with Gasteiger partial charge in [0.05, 0.1) is 12.5 Å². The van der Waals surface area contributed by atoms with Crippen LogP contribution in [0.4, 0.5) is 0 Å². The second-order valence-electron chi connectivity index (χ2n) is 1.64. The SMILES string of the molecule is C[N-]C(=O)CN(C)C=O.[Ir]. The Kier molecular flexibility index (Phi) is 8.24. The van der Waals surface area contributed by atoms with Crippen LogP contribution in [0.15, 0.2) is 0 Å². The van der Waals surface area contributed by atoms with Crippen molar-refractivity contribution in [3.05, 3.63) is 5.32 Å². The van der Waals surface area contributed by atoms with Gasteiger partial charge in [0.2, 0.25) is 6.41 Å². The van der Waals surface area contributed by atoms with E-state index in [2.05, 4.69) is 5.32 Å². The van der Waals surface area contributed by atoms with Crippen molar-refractivity contribution in [3.63, 3.8) is 0 Å². The average molecular weight is 321 g/mol. The van der Waals surface area contributed by atoms with E-state index in [0.29, 0.717) is 6.41 Å². The van der Waals surface area contributed by atoms with Crippen molar-refractivity contribution in [2.24, 2.45) is 0 Å². The van der Waals surface area contributed by atoms with Crippen molar-refractivity contribution in [3.8, 4) is 0 Å². The first-order valence-corrected chi connectivity index (χ1v) is 2.49. The summed E-state index contributed by atoms with van der Waals surface area (Å²) >= 11 is 0. The molecule has 0 aliphatic carbocycles. The molecule has 1 radical (unpaired) electrons. The van der Waals surface area contributed by atoms with E-state index in [1.165, 1.54) is 19.0 Å². The first-order chi connectivity index (χ1) is 4.20. The molecule has 2 amide bonds. The maximum Gasteiger partial charge on any atom is 0.209 e. The number of carbonyl (C=O) groups is 2. The van der Waals surface area contributed by atoms with E-state index in [4.69, 9.17) is 0 Å². The van der Waals surface area contributed by atoms with Gasteiger partial charge < -0.3 is 15.0 Å². The molecular weight excluding hydrogens is 312 g/mol. The van der Waals surface area contributed by atoms with Crippen LogP contribution < -0.4 is 0 Å². The van der Waals surface area contributed by atoms with Gasteiger partial charge in [-0.05, 0) is 0 Å². The second kappa shape index (κ2) is 6.71. The van der Waals surface area contributed by atoms with Crippen molar-refractivity contribution in [1.29, 1.82) is 0 Å². The third-order valence-electron chi connectivity index (χ3n) is 0.814. The molecule has 0 aromatic heterocycles. The molecule has 0 saturated carbocycles. The van der Waals surface area contributed by atoms with Crippen LogP contribution in [0.25, 0.3) is 5.32 Å². The summed E-state index contributed by atoms with van der Waals surface area (Å²) in [4.78, 5) is 21.5. The fourth-order valence-corrected chi connectivity index (χ4v) is 0.321. The van der Waals surface area contributed by atoms with Crippen molar-refractivity contribution in [2.45, 2.75) is 0 Å². The van der Waals surface area contributed by atoms with Crippen LogP contribution >= 0.6 is 0 Å². The van der Waals surface area contributed by atoms with Gasteiger partial charge in [0.15, 0.2) is 0 Å². The molecule has 5 heteroatoms. The standard InChI is InChI=1S/C5H10N2O2.Ir/c1-6-5(9)3-7(2)4-8;/h4H,3H2,1-2H3,(H,6,9);/p-1. The maximum atomic E-state index is 10.4. The molecule has 0 saturated heterocycles. The predicted octanol–water partition coefficient (Wildman–Crippen LogP) is -0.398. The summed E-state index contributed by atoms with van der Waals surface area (Å²) < 4.78 is 0. The van der Waals surface area contributed by atoms with E-state index < -0.39 is 0 Å². The molecule has 0 aromatic carbocycles. The summed E-state index contributed by atoms with van der Waals surface area (Å²) in [6.45, 7) is 0.0694. The molecule has 0 heterocycles. The Bertz CT molecular complexity index is 118. The molecule has 4 nitrogen and oxygen atoms in total. The largest absolute Gasteiger partial charge is 0.654 e. The zero-order chi connectivity index (χ0) is 7.28. The van der Waals surface area contributed by atoms with Crippen molar-refractivity contribution in [2.75, 3.05) is 20.6 Å². The summed E-state index contributed by atoms with van der Waals surface area (Å²) in [7, 11) is 2.93. The molecule has 0 rings (SSSR count). The Labute approximate surface area is 73.3 Å². The quantitative estimate of drug-likeness (QED) is 0.665. The minimum atomic E-state index is -0.287. The van der Waals surface area contributed by atoms with E-state index in [0.717, 1.165) is 0 Å². The van der Waals surface area contributed by atoms with Gasteiger partial charge in [0.1, 0.15) is 0 Å². The maximum absolute atomic E-state index is 10.4. The van der Waals surface area contributed by atoms with Crippen molar-refractivity contribution in [1.82, 2.24) is 4.90 Å². The minimum absolute atomic E-state index is 0. The summed E-state index contributed by atoms with van der Waals surface area (Å²) in [5.74, 6) is -0.287. The number of likely N-dealkylation sites (N-methyl/N-ethyl adjacent to an activating group) is 2. The van der Waals surface area contributed by atoms with Gasteiger partial charge in [-0.3, -0.25) is 4.79 Å². The van der Waals surface area contributed by atoms with Crippen molar-refractivity contribution >= 4 is 12.3 Å². The molecular formula is C5H9IrN2O2-. The summed E-state index contributed by atoms with van der Waals surface area (Å²) in [5, 5.41) is 3.34. The summed E-state index contributed by atoms with van der Waals surface area (Å²) in [6.07, 6.45) is 0.586. The molecule has 0 spiro atoms. The molecule has 0 aliphatic heterocycles. The Morgan fingerprint density at radius 3 is 2.50 bits per heavy atom. The number of amides is 2. The monoisotopic (exact) mass is 322 g/mol. The first kappa shape index (κ1) is 12.3. The Hall–Kier alpha value is -0.411. The van der Waals surface area contributed by atoms with Crippen LogP contribution in [0, 0.1) is 0 Å². The van der Waals surface area contributed by atoms with E-state index in [9.17, 15) is 9.59 Å². The first-order valence-electron chi connectivity index (χ1n) is 2.49. The van der Waals surface area contributed by atoms with Gasteiger partial charge in [-0.25, -0.2) is 0 Å². The Balaban J connectivity index is 0. The fourth-order valence-electron chi connectivity index (χ4n) is 0.321. The summed E-state index contributed by atoms with van der Waals surface area (Å²) in [6, 6.07) is 0. The fraction of sp³-hybridized carbons (Fsp3) is 0.600. The molecule has 0 aliphatic rings. The molecule has 0 N–H and O–H groups in total. The number of hydrogen-bond donors (Lipinski definition) is 0. The molecule has 0 bridgehead atoms. The van der Waals surface area contributed by atoms with Crippen LogP contribution in [-0.4, -0.2) is 37.9 Å². The van der Waals surface area contributed by atoms with Crippen LogP contribution in [0.2, 0.25) is 0 Å². The van der Waals surface area contributed by atoms with E-state index in [-0.39, 0.29) is 32.6 Å². The zero-order valence-electron chi connectivity index (χ0n) is 5.83. The summed E-state index contributed by atoms with van der Waals surface area (Å²) in [5.41, 5.74) is 0. The number of hydrogen-bond acceptors (Lipinski definition) is 2. The van der Waals surface area contributed by atoms with E-state index >= 15 is 0 Å². The van der Waals surface area contributed by atoms with Gasteiger partial charge in [-0.1, -0.05) is 0 Å². The van der Waals surface area contributed by atoms with Gasteiger partial charge in [0, 0.05) is 27.2 Å². The third kappa shape index (κ3) is 5.72. The molecule has 0 unspecified atom stereocenters. The molecule has 0 aromatic rings. The topological polar surface area (TPSA) is 51.5 Å². The van der Waals surface area contributed by atoms with Gasteiger partial charge in [-0.2, -0.15) is 0 Å². The molecule has 0 atom stereocenters. The smallest absolute Gasteiger partial charge is 0.209 e. The number of nitrogens with zero attached hydrogens (tertiary/aromatic N) is 2. The number of carbonyl (C=O) groups excluding carboxylic acids is 2. The van der Waals surface area contributed by atoms with Crippen LogP contribution in [0.1, 0.15) is 0 Å². The van der Waals surface area contributed by atoms with Gasteiger partial charge in [0.25, 0.3) is 0 Å². The van der Waals surface area contributed by atoms with Crippen LogP contribution in [0.5, 0.6) is 0 Å². The molecule has 10 heavy (non-hydrogen) atoms. The van der Waals surface area contributed by atoms with Crippen LogP contribution in [-0.2, 0) is 29.7 Å². The van der Waals surface area contributed by atoms with E-state index in [1.807, 2.05) is 0 Å². The van der Waals surface area contributed by atoms with E-state index in [1.54, 1.807) is 0 Å². The Morgan fingerprint density at radius 1 is 1.70 bits per heavy atom. The Morgan fingerprint density at radius 2 is 2.20 bits per heavy atom. The third-order valence-corrected chi connectivity index (χ3v) is 0.814. The van der Waals surface area contributed by atoms with Gasteiger partial charge >= 0.3 is 0 Å². The molecule has 61 valence electrons.